The minimum absolute atomic E-state index is 0.122. The maximum Gasteiger partial charge on any atom is 0.145 e. The zero-order valence-corrected chi connectivity index (χ0v) is 18.7. The van der Waals surface area contributed by atoms with Crippen molar-refractivity contribution >= 4 is 23.2 Å². The molecular formula is C24H26Cl2F2N2. The predicted molar refractivity (Wildman–Crippen MR) is 118 cm³/mol. The molecule has 3 atom stereocenters. The second-order valence-corrected chi connectivity index (χ2v) is 9.67. The molecule has 0 spiro atoms. The molecule has 6 heteroatoms. The monoisotopic (exact) mass is 450 g/mol. The molecule has 4 rings (SSSR count). The van der Waals surface area contributed by atoms with Crippen LogP contribution in [0.5, 0.6) is 0 Å². The summed E-state index contributed by atoms with van der Waals surface area (Å²) in [6.45, 7) is 5.21. The van der Waals surface area contributed by atoms with Gasteiger partial charge in [-0.3, -0.25) is 0 Å². The largest absolute Gasteiger partial charge is 0.312 e. The molecule has 1 heterocycles. The Labute approximate surface area is 187 Å². The van der Waals surface area contributed by atoms with Crippen LogP contribution in [0.15, 0.2) is 42.5 Å². The molecule has 2 nitrogen and oxygen atoms in total. The number of nitriles is 1. The van der Waals surface area contributed by atoms with Gasteiger partial charge in [-0.25, -0.2) is 8.78 Å². The molecule has 1 aliphatic carbocycles. The highest BCUT2D eigenvalue weighted by Crippen LogP contribution is 2.49. The van der Waals surface area contributed by atoms with E-state index in [4.69, 9.17) is 23.2 Å². The van der Waals surface area contributed by atoms with Crippen molar-refractivity contribution in [3.63, 3.8) is 0 Å². The average molecular weight is 451 g/mol. The van der Waals surface area contributed by atoms with Crippen molar-refractivity contribution in [3.05, 3.63) is 69.7 Å². The molecule has 1 saturated heterocycles. The van der Waals surface area contributed by atoms with Gasteiger partial charge in [0.25, 0.3) is 0 Å². The van der Waals surface area contributed by atoms with Crippen LogP contribution in [0.1, 0.15) is 44.6 Å². The lowest BCUT2D eigenvalue weighted by atomic mass is 9.76. The first-order valence-corrected chi connectivity index (χ1v) is 11.0. The summed E-state index contributed by atoms with van der Waals surface area (Å²) in [6, 6.07) is 13.4. The summed E-state index contributed by atoms with van der Waals surface area (Å²) < 4.78 is 26.4. The maximum atomic E-state index is 14.3. The lowest BCUT2D eigenvalue weighted by Gasteiger charge is -2.30. The molecule has 160 valence electrons. The van der Waals surface area contributed by atoms with Crippen molar-refractivity contribution in [2.75, 3.05) is 6.54 Å². The van der Waals surface area contributed by atoms with Crippen LogP contribution in [-0.2, 0) is 0 Å². The second-order valence-electron chi connectivity index (χ2n) is 8.83. The van der Waals surface area contributed by atoms with Gasteiger partial charge in [0.15, 0.2) is 0 Å². The fourth-order valence-corrected chi connectivity index (χ4v) is 4.72. The van der Waals surface area contributed by atoms with E-state index in [0.29, 0.717) is 17.1 Å². The Morgan fingerprint density at radius 1 is 1.13 bits per heavy atom. The molecule has 0 amide bonds. The standard InChI is InChI=1S/C18H22ClFN2.C6H4ClF/c1-18(2,11-6-7-11)8-16-13(9-21)14(10-22-16)12-4-3-5-15(19)17(12)20;7-5-2-1-3-6(8)4-5/h3-5,11,13-14,16,22H,6-8,10H2,1-2H3;1-4H. The molecule has 30 heavy (non-hydrogen) atoms. The van der Waals surface area contributed by atoms with Crippen LogP contribution in [0.25, 0.3) is 0 Å². The fraction of sp³-hybridized carbons (Fsp3) is 0.458. The maximum absolute atomic E-state index is 14.3. The molecule has 3 unspecified atom stereocenters. The van der Waals surface area contributed by atoms with Gasteiger partial charge in [0, 0.05) is 23.5 Å². The van der Waals surface area contributed by atoms with E-state index in [1.807, 2.05) is 0 Å². The van der Waals surface area contributed by atoms with Crippen LogP contribution in [0.3, 0.4) is 0 Å². The van der Waals surface area contributed by atoms with E-state index in [2.05, 4.69) is 25.2 Å². The topological polar surface area (TPSA) is 35.8 Å². The molecule has 0 aromatic heterocycles. The van der Waals surface area contributed by atoms with Gasteiger partial charge in [-0.2, -0.15) is 5.26 Å². The van der Waals surface area contributed by atoms with E-state index in [-0.39, 0.29) is 39.9 Å². The van der Waals surface area contributed by atoms with Gasteiger partial charge < -0.3 is 5.32 Å². The number of benzene rings is 2. The number of rotatable bonds is 4. The highest BCUT2D eigenvalue weighted by molar-refractivity contribution is 6.31. The van der Waals surface area contributed by atoms with Gasteiger partial charge in [0.2, 0.25) is 0 Å². The fourth-order valence-electron chi connectivity index (χ4n) is 4.36. The predicted octanol–water partition coefficient (Wildman–Crippen LogP) is 6.98. The van der Waals surface area contributed by atoms with Gasteiger partial charge in [-0.05, 0) is 60.4 Å². The summed E-state index contributed by atoms with van der Waals surface area (Å²) in [5.74, 6) is -0.221. The first-order chi connectivity index (χ1) is 14.2. The molecule has 0 bridgehead atoms. The third-order valence-electron chi connectivity index (χ3n) is 6.21. The molecule has 2 aliphatic rings. The van der Waals surface area contributed by atoms with Crippen molar-refractivity contribution in [2.24, 2.45) is 17.3 Å². The van der Waals surface area contributed by atoms with Crippen LogP contribution >= 0.6 is 23.2 Å². The molecule has 1 saturated carbocycles. The quantitative estimate of drug-likeness (QED) is 0.544. The summed E-state index contributed by atoms with van der Waals surface area (Å²) in [6.07, 6.45) is 3.56. The van der Waals surface area contributed by atoms with Gasteiger partial charge in [-0.15, -0.1) is 0 Å². The highest BCUT2D eigenvalue weighted by atomic mass is 35.5. The third-order valence-corrected chi connectivity index (χ3v) is 6.74. The summed E-state index contributed by atoms with van der Waals surface area (Å²) in [4.78, 5) is 0. The average Bonchev–Trinajstić information content (AvgIpc) is 3.48. The smallest absolute Gasteiger partial charge is 0.145 e. The van der Waals surface area contributed by atoms with Crippen LogP contribution in [-0.4, -0.2) is 12.6 Å². The Hall–Kier alpha value is -1.67. The molecule has 2 aromatic rings. The van der Waals surface area contributed by atoms with Crippen molar-refractivity contribution in [1.82, 2.24) is 5.32 Å². The van der Waals surface area contributed by atoms with E-state index in [0.717, 1.165) is 12.3 Å². The van der Waals surface area contributed by atoms with E-state index in [1.165, 1.54) is 25.0 Å². The Balaban J connectivity index is 0.000000269. The Morgan fingerprint density at radius 2 is 1.83 bits per heavy atom. The number of hydrogen-bond acceptors (Lipinski definition) is 2. The normalized spacial score (nSPS) is 23.4. The summed E-state index contributed by atoms with van der Waals surface area (Å²) in [7, 11) is 0. The molecule has 1 aliphatic heterocycles. The van der Waals surface area contributed by atoms with Crippen molar-refractivity contribution in [3.8, 4) is 6.07 Å². The molecule has 0 radical (unpaired) electrons. The number of nitrogens with one attached hydrogen (secondary N) is 1. The number of hydrogen-bond donors (Lipinski definition) is 1. The first-order valence-electron chi connectivity index (χ1n) is 10.2. The zero-order chi connectivity index (χ0) is 21.9. The van der Waals surface area contributed by atoms with Crippen LogP contribution in [0, 0.1) is 40.2 Å². The van der Waals surface area contributed by atoms with E-state index < -0.39 is 0 Å². The van der Waals surface area contributed by atoms with Gasteiger partial charge >= 0.3 is 0 Å². The summed E-state index contributed by atoms with van der Waals surface area (Å²) in [5, 5.41) is 13.7. The van der Waals surface area contributed by atoms with E-state index >= 15 is 0 Å². The van der Waals surface area contributed by atoms with Crippen LogP contribution < -0.4 is 5.32 Å². The van der Waals surface area contributed by atoms with Crippen molar-refractivity contribution in [1.29, 1.82) is 5.26 Å². The Bertz CT molecular complexity index is 904. The minimum atomic E-state index is -0.377. The summed E-state index contributed by atoms with van der Waals surface area (Å²) >= 11 is 11.3. The molecule has 2 aromatic carbocycles. The SMILES string of the molecule is CC(C)(CC1NCC(c2cccc(Cl)c2F)C1C#N)C1CC1.Fc1cccc(Cl)c1. The second kappa shape index (κ2) is 9.64. The molecular weight excluding hydrogens is 425 g/mol. The zero-order valence-electron chi connectivity index (χ0n) is 17.1. The number of nitrogens with zero attached hydrogens (tertiary/aromatic N) is 1. The minimum Gasteiger partial charge on any atom is -0.312 e. The molecule has 1 N–H and O–H groups in total. The molecule has 2 fully saturated rings. The van der Waals surface area contributed by atoms with Crippen molar-refractivity contribution < 1.29 is 8.78 Å². The van der Waals surface area contributed by atoms with Gasteiger partial charge in [0.05, 0.1) is 17.0 Å². The highest BCUT2D eigenvalue weighted by Gasteiger charge is 2.45. The Morgan fingerprint density at radius 3 is 2.40 bits per heavy atom. The Kier molecular flexibility index (Phi) is 7.39. The van der Waals surface area contributed by atoms with Gasteiger partial charge in [-0.1, -0.05) is 55.2 Å². The van der Waals surface area contributed by atoms with E-state index in [1.54, 1.807) is 30.3 Å². The third kappa shape index (κ3) is 5.52. The van der Waals surface area contributed by atoms with Crippen molar-refractivity contribution in [2.45, 2.75) is 45.1 Å². The number of halogens is 4. The lowest BCUT2D eigenvalue weighted by molar-refractivity contribution is 0.238. The van der Waals surface area contributed by atoms with Crippen LogP contribution in [0.4, 0.5) is 8.78 Å². The summed E-state index contributed by atoms with van der Waals surface area (Å²) in [5.41, 5.74) is 0.812. The first kappa shape index (κ1) is 23.0. The van der Waals surface area contributed by atoms with E-state index in [9.17, 15) is 14.0 Å². The van der Waals surface area contributed by atoms with Crippen LogP contribution in [0.2, 0.25) is 10.0 Å². The van der Waals surface area contributed by atoms with Gasteiger partial charge in [0.1, 0.15) is 11.6 Å². The lowest BCUT2D eigenvalue weighted by Crippen LogP contribution is -2.33.